The molecule has 2 bridgehead atoms. The van der Waals surface area contributed by atoms with Crippen molar-refractivity contribution in [3.05, 3.63) is 47.5 Å². The predicted octanol–water partition coefficient (Wildman–Crippen LogP) is 1.82. The van der Waals surface area contributed by atoms with Crippen molar-refractivity contribution in [2.24, 2.45) is 0 Å². The van der Waals surface area contributed by atoms with Crippen molar-refractivity contribution in [3.8, 4) is 0 Å². The van der Waals surface area contributed by atoms with Crippen molar-refractivity contribution in [1.82, 2.24) is 25.2 Å². The minimum atomic E-state index is -0.283. The zero-order valence-electron chi connectivity index (χ0n) is 14.2. The van der Waals surface area contributed by atoms with Crippen molar-refractivity contribution in [1.29, 1.82) is 0 Å². The molecule has 25 heavy (non-hydrogen) atoms. The molecule has 0 spiro atoms. The Morgan fingerprint density at radius 1 is 1.36 bits per heavy atom. The lowest BCUT2D eigenvalue weighted by Gasteiger charge is -2.35. The number of hydrogen-bond donors (Lipinski definition) is 1. The summed E-state index contributed by atoms with van der Waals surface area (Å²) in [6, 6.07) is 7.65. The summed E-state index contributed by atoms with van der Waals surface area (Å²) in [6.07, 6.45) is 6.03. The number of nitrogens with one attached hydrogen (secondary N) is 1. The first-order valence-electron chi connectivity index (χ1n) is 8.76. The monoisotopic (exact) mass is 343 g/mol. The first kappa shape index (κ1) is 16.2. The molecule has 2 aliphatic heterocycles. The van der Waals surface area contributed by atoms with E-state index in [1.54, 1.807) is 16.9 Å². The van der Waals surface area contributed by atoms with Crippen LogP contribution in [0.4, 0.5) is 4.39 Å². The molecule has 2 saturated heterocycles. The fourth-order valence-electron chi connectivity index (χ4n) is 3.99. The van der Waals surface area contributed by atoms with Crippen LogP contribution in [0.2, 0.25) is 0 Å². The summed E-state index contributed by atoms with van der Waals surface area (Å²) >= 11 is 0. The molecular formula is C18H22FN5O. The number of piperidine rings is 1. The predicted molar refractivity (Wildman–Crippen MR) is 90.6 cm³/mol. The van der Waals surface area contributed by atoms with Crippen LogP contribution >= 0.6 is 0 Å². The van der Waals surface area contributed by atoms with Crippen molar-refractivity contribution in [3.63, 3.8) is 0 Å². The number of carbonyl (C=O) groups excluding carboxylic acids is 1. The number of fused-ring (bicyclic) bond motifs is 2. The molecule has 0 aliphatic carbocycles. The molecular weight excluding hydrogens is 321 g/mol. The van der Waals surface area contributed by atoms with E-state index in [0.29, 0.717) is 24.3 Å². The van der Waals surface area contributed by atoms with Gasteiger partial charge in [0, 0.05) is 25.2 Å². The van der Waals surface area contributed by atoms with Crippen molar-refractivity contribution in [2.75, 3.05) is 7.05 Å². The highest BCUT2D eigenvalue weighted by Gasteiger charge is 2.36. The fraction of sp³-hybridized carbons (Fsp3) is 0.500. The summed E-state index contributed by atoms with van der Waals surface area (Å²) in [6.45, 7) is 0.388. The molecule has 132 valence electrons. The van der Waals surface area contributed by atoms with E-state index >= 15 is 0 Å². The summed E-state index contributed by atoms with van der Waals surface area (Å²) in [7, 11) is 1.85. The van der Waals surface area contributed by atoms with Crippen LogP contribution in [0.25, 0.3) is 0 Å². The number of nitrogens with zero attached hydrogens (tertiary/aromatic N) is 4. The lowest BCUT2D eigenvalue weighted by molar-refractivity contribution is 0.0675. The summed E-state index contributed by atoms with van der Waals surface area (Å²) in [4.78, 5) is 14.5. The maximum absolute atomic E-state index is 13.3. The second-order valence-corrected chi connectivity index (χ2v) is 7.11. The first-order chi connectivity index (χ1) is 12.1. The lowest BCUT2D eigenvalue weighted by Crippen LogP contribution is -2.48. The van der Waals surface area contributed by atoms with Gasteiger partial charge in [-0.1, -0.05) is 17.3 Å². The number of halogens is 1. The summed E-state index contributed by atoms with van der Waals surface area (Å²) in [5, 5.41) is 11.6. The van der Waals surface area contributed by atoms with Crippen LogP contribution in [0, 0.1) is 5.82 Å². The molecule has 2 aromatic rings. The van der Waals surface area contributed by atoms with Crippen LogP contribution in [0.3, 0.4) is 0 Å². The molecule has 0 saturated carbocycles. The molecule has 3 heterocycles. The van der Waals surface area contributed by atoms with Gasteiger partial charge in [-0.2, -0.15) is 0 Å². The van der Waals surface area contributed by atoms with Crippen LogP contribution < -0.4 is 5.32 Å². The van der Waals surface area contributed by atoms with Crippen LogP contribution in [0.15, 0.2) is 30.5 Å². The van der Waals surface area contributed by atoms with E-state index in [1.807, 2.05) is 18.0 Å². The van der Waals surface area contributed by atoms with Crippen molar-refractivity contribution in [2.45, 2.75) is 50.4 Å². The molecule has 6 nitrogen and oxygen atoms in total. The highest BCUT2D eigenvalue weighted by Crippen LogP contribution is 2.29. The van der Waals surface area contributed by atoms with Gasteiger partial charge in [0.25, 0.3) is 5.91 Å². The maximum Gasteiger partial charge on any atom is 0.276 e. The van der Waals surface area contributed by atoms with Crippen LogP contribution in [-0.2, 0) is 6.54 Å². The van der Waals surface area contributed by atoms with Crippen molar-refractivity contribution >= 4 is 5.91 Å². The van der Waals surface area contributed by atoms with E-state index in [2.05, 4.69) is 15.6 Å². The molecule has 7 heteroatoms. The van der Waals surface area contributed by atoms with Crippen molar-refractivity contribution < 1.29 is 9.18 Å². The van der Waals surface area contributed by atoms with Gasteiger partial charge in [0.2, 0.25) is 0 Å². The van der Waals surface area contributed by atoms with E-state index in [1.165, 1.54) is 25.0 Å². The van der Waals surface area contributed by atoms with Crippen LogP contribution in [0.1, 0.15) is 41.7 Å². The first-order valence-corrected chi connectivity index (χ1v) is 8.76. The molecule has 4 rings (SSSR count). The Hall–Kier alpha value is -2.28. The topological polar surface area (TPSA) is 63.1 Å². The van der Waals surface area contributed by atoms with Gasteiger partial charge in [-0.3, -0.25) is 4.79 Å². The quantitative estimate of drug-likeness (QED) is 0.920. The number of aromatic nitrogens is 3. The highest BCUT2D eigenvalue weighted by atomic mass is 19.1. The van der Waals surface area contributed by atoms with E-state index in [-0.39, 0.29) is 17.8 Å². The fourth-order valence-corrected chi connectivity index (χ4v) is 3.99. The molecule has 2 unspecified atom stereocenters. The third-order valence-electron chi connectivity index (χ3n) is 5.31. The highest BCUT2D eigenvalue weighted by molar-refractivity contribution is 5.92. The summed E-state index contributed by atoms with van der Waals surface area (Å²) in [5.74, 6) is -0.383. The Morgan fingerprint density at radius 2 is 2.12 bits per heavy atom. The van der Waals surface area contributed by atoms with Gasteiger partial charge in [0.05, 0.1) is 12.7 Å². The summed E-state index contributed by atoms with van der Waals surface area (Å²) < 4.78 is 14.8. The van der Waals surface area contributed by atoms with Gasteiger partial charge >= 0.3 is 0 Å². The second kappa shape index (κ2) is 6.55. The Labute approximate surface area is 146 Å². The zero-order chi connectivity index (χ0) is 17.4. The van der Waals surface area contributed by atoms with Gasteiger partial charge in [0.1, 0.15) is 5.82 Å². The Bertz CT molecular complexity index is 764. The summed E-state index contributed by atoms with van der Waals surface area (Å²) in [5.41, 5.74) is 1.12. The molecule has 1 aromatic carbocycles. The van der Waals surface area contributed by atoms with Gasteiger partial charge in [0.15, 0.2) is 5.69 Å². The van der Waals surface area contributed by atoms with E-state index in [4.69, 9.17) is 0 Å². The minimum Gasteiger partial charge on any atom is -0.337 e. The van der Waals surface area contributed by atoms with E-state index < -0.39 is 0 Å². The number of hydrogen-bond acceptors (Lipinski definition) is 4. The molecule has 2 aliphatic rings. The number of benzene rings is 1. The lowest BCUT2D eigenvalue weighted by atomic mass is 9.98. The largest absolute Gasteiger partial charge is 0.337 e. The van der Waals surface area contributed by atoms with Gasteiger partial charge < -0.3 is 10.2 Å². The number of rotatable bonds is 4. The van der Waals surface area contributed by atoms with E-state index in [9.17, 15) is 9.18 Å². The zero-order valence-corrected chi connectivity index (χ0v) is 14.2. The third kappa shape index (κ3) is 3.42. The SMILES string of the molecule is CN(C(=O)c1cn(Cc2cccc(F)c2)nn1)C1CC2CCC(C1)N2. The maximum atomic E-state index is 13.3. The van der Waals surface area contributed by atoms with Gasteiger partial charge in [-0.15, -0.1) is 5.10 Å². The number of carbonyl (C=O) groups is 1. The molecule has 1 amide bonds. The molecule has 0 radical (unpaired) electrons. The standard InChI is InChI=1S/C18H22FN5O/c1-23(16-8-14-5-6-15(9-16)20-14)18(25)17-11-24(22-21-17)10-12-3-2-4-13(19)7-12/h2-4,7,11,14-16,20H,5-6,8-10H2,1H3. The normalized spacial score (nSPS) is 25.1. The Balaban J connectivity index is 1.43. The third-order valence-corrected chi connectivity index (χ3v) is 5.31. The van der Waals surface area contributed by atoms with E-state index in [0.717, 1.165) is 18.4 Å². The number of amides is 1. The minimum absolute atomic E-state index is 0.100. The molecule has 2 atom stereocenters. The van der Waals surface area contributed by atoms with Crippen LogP contribution in [0.5, 0.6) is 0 Å². The molecule has 2 fully saturated rings. The molecule has 1 aromatic heterocycles. The Morgan fingerprint density at radius 3 is 2.84 bits per heavy atom. The van der Waals surface area contributed by atoms with Gasteiger partial charge in [-0.25, -0.2) is 9.07 Å². The molecule has 1 N–H and O–H groups in total. The van der Waals surface area contributed by atoms with Gasteiger partial charge in [-0.05, 0) is 43.4 Å². The van der Waals surface area contributed by atoms with Crippen LogP contribution in [-0.4, -0.2) is 51.0 Å². The second-order valence-electron chi connectivity index (χ2n) is 7.11. The smallest absolute Gasteiger partial charge is 0.276 e. The average Bonchev–Trinajstić information content (AvgIpc) is 3.20. The average molecular weight is 343 g/mol. The Kier molecular flexibility index (Phi) is 4.25.